The van der Waals surface area contributed by atoms with Crippen LogP contribution in [0.5, 0.6) is 5.75 Å². The van der Waals surface area contributed by atoms with E-state index in [1.807, 2.05) is 13.0 Å². The standard InChI is InChI=1S/C33H37F3O2/c1-3-5-7-9-23-10-18-30(38-22-23)26-15-16-27(29(34)21-26)24-11-13-25(14-12-24)28-17-19-31(33(36)32(28)35)37-20-8-6-4-2/h3,5,11-17,19,21,23,30H,4,6-10,18,20,22H2,1-2H3. The first-order valence-electron chi connectivity index (χ1n) is 13.8. The second-order valence-corrected chi connectivity index (χ2v) is 10.0. The maximum atomic E-state index is 15.1. The number of benzene rings is 3. The fourth-order valence-electron chi connectivity index (χ4n) is 4.99. The molecule has 0 amide bonds. The van der Waals surface area contributed by atoms with Crippen LogP contribution in [0.4, 0.5) is 13.2 Å². The van der Waals surface area contributed by atoms with Crippen molar-refractivity contribution >= 4 is 0 Å². The fourth-order valence-corrected chi connectivity index (χ4v) is 4.99. The maximum absolute atomic E-state index is 15.1. The Hall–Kier alpha value is -3.05. The number of unbranched alkanes of at least 4 members (excludes halogenated alkanes) is 2. The van der Waals surface area contributed by atoms with Crippen molar-refractivity contribution in [2.75, 3.05) is 13.2 Å². The van der Waals surface area contributed by atoms with Gasteiger partial charge >= 0.3 is 0 Å². The van der Waals surface area contributed by atoms with Crippen LogP contribution in [0.25, 0.3) is 22.3 Å². The number of hydrogen-bond acceptors (Lipinski definition) is 2. The van der Waals surface area contributed by atoms with Crippen LogP contribution in [-0.4, -0.2) is 13.2 Å². The highest BCUT2D eigenvalue weighted by atomic mass is 19.2. The highest BCUT2D eigenvalue weighted by Crippen LogP contribution is 2.36. The summed E-state index contributed by atoms with van der Waals surface area (Å²) in [7, 11) is 0. The Morgan fingerprint density at radius 1 is 0.895 bits per heavy atom. The third-order valence-corrected chi connectivity index (χ3v) is 7.27. The van der Waals surface area contributed by atoms with Gasteiger partial charge in [-0.3, -0.25) is 0 Å². The quantitative estimate of drug-likeness (QED) is 0.184. The van der Waals surface area contributed by atoms with Crippen molar-refractivity contribution in [1.29, 1.82) is 0 Å². The summed E-state index contributed by atoms with van der Waals surface area (Å²) in [6, 6.07) is 15.1. The Balaban J connectivity index is 1.42. The van der Waals surface area contributed by atoms with Crippen molar-refractivity contribution in [1.82, 2.24) is 0 Å². The molecule has 0 saturated carbocycles. The van der Waals surface area contributed by atoms with Crippen LogP contribution in [0.3, 0.4) is 0 Å². The molecule has 1 saturated heterocycles. The van der Waals surface area contributed by atoms with E-state index >= 15 is 4.39 Å². The van der Waals surface area contributed by atoms with Gasteiger partial charge in [0, 0.05) is 11.1 Å². The van der Waals surface area contributed by atoms with Gasteiger partial charge in [-0.25, -0.2) is 8.78 Å². The van der Waals surface area contributed by atoms with Crippen molar-refractivity contribution in [3.05, 3.63) is 89.8 Å². The van der Waals surface area contributed by atoms with Crippen molar-refractivity contribution in [2.45, 2.75) is 64.9 Å². The minimum atomic E-state index is -0.987. The number of halogens is 3. The summed E-state index contributed by atoms with van der Waals surface area (Å²) >= 11 is 0. The lowest BCUT2D eigenvalue weighted by atomic mass is 9.91. The van der Waals surface area contributed by atoms with E-state index in [4.69, 9.17) is 9.47 Å². The molecule has 0 aliphatic carbocycles. The molecule has 2 atom stereocenters. The van der Waals surface area contributed by atoms with Crippen LogP contribution in [0.2, 0.25) is 0 Å². The fraction of sp³-hybridized carbons (Fsp3) is 0.394. The Morgan fingerprint density at radius 3 is 2.29 bits per heavy atom. The molecular formula is C33H37F3O2. The molecule has 0 radical (unpaired) electrons. The third-order valence-electron chi connectivity index (χ3n) is 7.27. The molecule has 1 aliphatic rings. The molecule has 1 heterocycles. The van der Waals surface area contributed by atoms with Gasteiger partial charge < -0.3 is 9.47 Å². The molecule has 0 bridgehead atoms. The predicted molar refractivity (Wildman–Crippen MR) is 148 cm³/mol. The van der Waals surface area contributed by atoms with Gasteiger partial charge in [0.05, 0.1) is 19.3 Å². The maximum Gasteiger partial charge on any atom is 0.201 e. The van der Waals surface area contributed by atoms with E-state index in [-0.39, 0.29) is 23.2 Å². The zero-order chi connectivity index (χ0) is 26.9. The van der Waals surface area contributed by atoms with E-state index in [0.717, 1.165) is 50.5 Å². The lowest BCUT2D eigenvalue weighted by Crippen LogP contribution is -2.20. The SMILES string of the molecule is CC=CCCC1CCC(c2ccc(-c3ccc(-c4ccc(OCCCCC)c(F)c4F)cc3)c(F)c2)OC1. The largest absolute Gasteiger partial charge is 0.490 e. The minimum absolute atomic E-state index is 0.0766. The van der Waals surface area contributed by atoms with Gasteiger partial charge in [0.25, 0.3) is 0 Å². The Morgan fingerprint density at radius 2 is 1.63 bits per heavy atom. The Kier molecular flexibility index (Phi) is 10.1. The summed E-state index contributed by atoms with van der Waals surface area (Å²) in [5.41, 5.74) is 2.64. The van der Waals surface area contributed by atoms with E-state index < -0.39 is 11.6 Å². The molecular weight excluding hydrogens is 485 g/mol. The summed E-state index contributed by atoms with van der Waals surface area (Å²) in [5.74, 6) is -1.78. The van der Waals surface area contributed by atoms with Gasteiger partial charge in [-0.2, -0.15) is 4.39 Å². The molecule has 4 rings (SSSR count). The smallest absolute Gasteiger partial charge is 0.201 e. The van der Waals surface area contributed by atoms with Crippen molar-refractivity contribution in [3.8, 4) is 28.0 Å². The number of allylic oxidation sites excluding steroid dienone is 2. The van der Waals surface area contributed by atoms with Crippen molar-refractivity contribution in [3.63, 3.8) is 0 Å². The lowest BCUT2D eigenvalue weighted by molar-refractivity contribution is -0.0191. The van der Waals surface area contributed by atoms with Crippen LogP contribution in [0, 0.1) is 23.4 Å². The zero-order valence-corrected chi connectivity index (χ0v) is 22.3. The van der Waals surface area contributed by atoms with Crippen molar-refractivity contribution < 1.29 is 22.6 Å². The van der Waals surface area contributed by atoms with E-state index in [1.165, 1.54) is 12.1 Å². The van der Waals surface area contributed by atoms with Crippen LogP contribution in [-0.2, 0) is 4.74 Å². The van der Waals surface area contributed by atoms with Gasteiger partial charge in [-0.15, -0.1) is 0 Å². The Bertz CT molecular complexity index is 1210. The van der Waals surface area contributed by atoms with Crippen molar-refractivity contribution in [2.24, 2.45) is 5.92 Å². The van der Waals surface area contributed by atoms with Crippen LogP contribution < -0.4 is 4.74 Å². The highest BCUT2D eigenvalue weighted by Gasteiger charge is 2.23. The molecule has 2 nitrogen and oxygen atoms in total. The van der Waals surface area contributed by atoms with E-state index in [1.54, 1.807) is 36.4 Å². The topological polar surface area (TPSA) is 18.5 Å². The second-order valence-electron chi connectivity index (χ2n) is 10.0. The third kappa shape index (κ3) is 6.87. The summed E-state index contributed by atoms with van der Waals surface area (Å²) in [4.78, 5) is 0. The van der Waals surface area contributed by atoms with Gasteiger partial charge in [0.2, 0.25) is 5.82 Å². The molecule has 0 N–H and O–H groups in total. The molecule has 3 aromatic rings. The average Bonchev–Trinajstić information content (AvgIpc) is 2.94. The lowest BCUT2D eigenvalue weighted by Gasteiger charge is -2.29. The Labute approximate surface area is 224 Å². The molecule has 2 unspecified atom stereocenters. The molecule has 5 heteroatoms. The van der Waals surface area contributed by atoms with Gasteiger partial charge in [-0.1, -0.05) is 68.3 Å². The molecule has 38 heavy (non-hydrogen) atoms. The van der Waals surface area contributed by atoms with Crippen LogP contribution in [0.1, 0.15) is 70.5 Å². The first kappa shape index (κ1) is 28.0. The molecule has 0 aromatic heterocycles. The molecule has 0 spiro atoms. The first-order chi connectivity index (χ1) is 18.5. The van der Waals surface area contributed by atoms with E-state index in [0.29, 0.717) is 35.8 Å². The number of ether oxygens (including phenoxy) is 2. The van der Waals surface area contributed by atoms with E-state index in [9.17, 15) is 8.78 Å². The number of hydrogen-bond donors (Lipinski definition) is 0. The highest BCUT2D eigenvalue weighted by molar-refractivity contribution is 5.71. The summed E-state index contributed by atoms with van der Waals surface area (Å²) in [6.45, 7) is 5.16. The summed E-state index contributed by atoms with van der Waals surface area (Å²) in [6.07, 6.45) is 11.1. The molecule has 1 aliphatic heterocycles. The summed E-state index contributed by atoms with van der Waals surface area (Å²) in [5, 5.41) is 0. The molecule has 202 valence electrons. The second kappa shape index (κ2) is 13.7. The van der Waals surface area contributed by atoms with E-state index in [2.05, 4.69) is 19.1 Å². The monoisotopic (exact) mass is 522 g/mol. The van der Waals surface area contributed by atoms with Gasteiger partial charge in [0.15, 0.2) is 11.6 Å². The molecule has 3 aromatic carbocycles. The number of rotatable bonds is 11. The van der Waals surface area contributed by atoms with Crippen LogP contribution >= 0.6 is 0 Å². The normalized spacial score (nSPS) is 17.7. The predicted octanol–water partition coefficient (Wildman–Crippen LogP) is 9.83. The van der Waals surface area contributed by atoms with Crippen LogP contribution in [0.15, 0.2) is 66.7 Å². The average molecular weight is 523 g/mol. The summed E-state index contributed by atoms with van der Waals surface area (Å²) < 4.78 is 56.0. The van der Waals surface area contributed by atoms with Gasteiger partial charge in [0.1, 0.15) is 5.82 Å². The minimum Gasteiger partial charge on any atom is -0.490 e. The zero-order valence-electron chi connectivity index (χ0n) is 22.3. The molecule has 1 fully saturated rings. The van der Waals surface area contributed by atoms with Gasteiger partial charge in [-0.05, 0) is 79.8 Å². The first-order valence-corrected chi connectivity index (χ1v) is 13.8.